The molecule has 3 unspecified atom stereocenters. The second-order valence-corrected chi connectivity index (χ2v) is 5.12. The van der Waals surface area contributed by atoms with Crippen molar-refractivity contribution in [2.75, 3.05) is 46.7 Å². The highest BCUT2D eigenvalue weighted by atomic mass is 16.5. The van der Waals surface area contributed by atoms with Crippen molar-refractivity contribution >= 4 is 11.8 Å². The third-order valence-electron chi connectivity index (χ3n) is 3.69. The van der Waals surface area contributed by atoms with Crippen LogP contribution in [0.2, 0.25) is 0 Å². The van der Waals surface area contributed by atoms with Crippen molar-refractivity contribution in [1.82, 2.24) is 4.90 Å². The first-order valence-corrected chi connectivity index (χ1v) is 7.48. The molecule has 0 N–H and O–H groups in total. The van der Waals surface area contributed by atoms with Gasteiger partial charge in [-0.15, -0.1) is 0 Å². The summed E-state index contributed by atoms with van der Waals surface area (Å²) >= 11 is 0. The molecule has 7 heteroatoms. The lowest BCUT2D eigenvalue weighted by atomic mass is 9.91. The number of nitrogens with zero attached hydrogens (tertiary/aromatic N) is 1. The Hall–Kier alpha value is -1.28. The van der Waals surface area contributed by atoms with E-state index in [1.54, 1.807) is 7.11 Å². The summed E-state index contributed by atoms with van der Waals surface area (Å²) in [7, 11) is 1.61. The minimum Gasteiger partial charge on any atom is -0.382 e. The highest BCUT2D eigenvalue weighted by Gasteiger charge is 2.59. The molecule has 0 bridgehead atoms. The first-order chi connectivity index (χ1) is 10.7. The fraction of sp³-hybridized carbons (Fsp3) is 0.733. The quantitative estimate of drug-likeness (QED) is 0.321. The zero-order valence-electron chi connectivity index (χ0n) is 13.0. The smallest absolute Gasteiger partial charge is 0.259 e. The fourth-order valence-corrected chi connectivity index (χ4v) is 2.54. The summed E-state index contributed by atoms with van der Waals surface area (Å²) in [6.45, 7) is 4.38. The average molecular weight is 313 g/mol. The zero-order chi connectivity index (χ0) is 15.9. The van der Waals surface area contributed by atoms with E-state index in [4.69, 9.17) is 18.9 Å². The first-order valence-electron chi connectivity index (χ1n) is 7.48. The molecule has 2 heterocycles. The topological polar surface area (TPSA) is 74.3 Å². The Kier molecular flexibility index (Phi) is 6.50. The number of rotatable bonds is 10. The van der Waals surface area contributed by atoms with E-state index < -0.39 is 6.10 Å². The van der Waals surface area contributed by atoms with E-state index in [9.17, 15) is 9.59 Å². The van der Waals surface area contributed by atoms with Crippen LogP contribution in [0.5, 0.6) is 0 Å². The van der Waals surface area contributed by atoms with Gasteiger partial charge in [-0.05, 0) is 6.92 Å². The van der Waals surface area contributed by atoms with Crippen molar-refractivity contribution < 1.29 is 28.5 Å². The summed E-state index contributed by atoms with van der Waals surface area (Å²) in [5.74, 6) is -0.777. The number of carbonyl (C=O) groups excluding carboxylic acids is 2. The van der Waals surface area contributed by atoms with E-state index in [1.165, 1.54) is 4.90 Å². The van der Waals surface area contributed by atoms with Crippen LogP contribution in [0.4, 0.5) is 0 Å². The Bertz CT molecular complexity index is 424. The van der Waals surface area contributed by atoms with Crippen molar-refractivity contribution in [3.8, 4) is 0 Å². The second kappa shape index (κ2) is 8.38. The number of fused-ring (bicyclic) bond motifs is 1. The Labute approximate surface area is 130 Å². The van der Waals surface area contributed by atoms with Gasteiger partial charge in [0.15, 0.2) is 6.10 Å². The molecule has 0 spiro atoms. The molecule has 7 nitrogen and oxygen atoms in total. The molecule has 2 amide bonds. The number of carbonyl (C=O) groups is 2. The van der Waals surface area contributed by atoms with Crippen LogP contribution >= 0.6 is 0 Å². The maximum Gasteiger partial charge on any atom is 0.259 e. The summed E-state index contributed by atoms with van der Waals surface area (Å²) in [6.07, 6.45) is 2.76. The monoisotopic (exact) mass is 313 g/mol. The van der Waals surface area contributed by atoms with Crippen molar-refractivity contribution in [3.63, 3.8) is 0 Å². The Balaban J connectivity index is 1.64. The molecular formula is C15H23NO6. The van der Waals surface area contributed by atoms with Crippen LogP contribution in [0.25, 0.3) is 0 Å². The molecule has 2 aliphatic heterocycles. The van der Waals surface area contributed by atoms with Crippen LogP contribution in [0, 0.1) is 5.92 Å². The molecule has 0 aliphatic carbocycles. The molecule has 0 aromatic rings. The van der Waals surface area contributed by atoms with Gasteiger partial charge in [0.05, 0.1) is 45.7 Å². The van der Waals surface area contributed by atoms with Crippen LogP contribution in [-0.4, -0.2) is 75.6 Å². The molecule has 2 rings (SSSR count). The van der Waals surface area contributed by atoms with Gasteiger partial charge in [-0.3, -0.25) is 14.5 Å². The summed E-state index contributed by atoms with van der Waals surface area (Å²) in [6, 6.07) is 0. The number of likely N-dealkylation sites (tertiary alicyclic amines) is 1. The standard InChI is InChI=1S/C15H23NO6/c1-3-4-11-12-13(22-11)15(18)16(14(12)17)5-6-20-9-10-21-8-7-19-2/h3-4,11-13H,5-10H2,1-2H3/b4-3-. The number of imide groups is 1. The van der Waals surface area contributed by atoms with Gasteiger partial charge < -0.3 is 18.9 Å². The summed E-state index contributed by atoms with van der Waals surface area (Å²) in [5, 5.41) is 0. The number of ether oxygens (including phenoxy) is 4. The van der Waals surface area contributed by atoms with Gasteiger partial charge in [0.1, 0.15) is 5.92 Å². The van der Waals surface area contributed by atoms with E-state index in [2.05, 4.69) is 0 Å². The van der Waals surface area contributed by atoms with Gasteiger partial charge >= 0.3 is 0 Å². The summed E-state index contributed by atoms with van der Waals surface area (Å²) in [5.41, 5.74) is 0. The molecule has 0 saturated carbocycles. The molecule has 0 aromatic heterocycles. The minimum absolute atomic E-state index is 0.163. The predicted molar refractivity (Wildman–Crippen MR) is 77.2 cm³/mol. The van der Waals surface area contributed by atoms with Crippen LogP contribution in [0.1, 0.15) is 6.92 Å². The maximum absolute atomic E-state index is 12.2. The zero-order valence-corrected chi connectivity index (χ0v) is 13.0. The van der Waals surface area contributed by atoms with Gasteiger partial charge in [-0.25, -0.2) is 0 Å². The average Bonchev–Trinajstić information content (AvgIpc) is 2.66. The van der Waals surface area contributed by atoms with Gasteiger partial charge in [-0.2, -0.15) is 0 Å². The van der Waals surface area contributed by atoms with Crippen LogP contribution < -0.4 is 0 Å². The van der Waals surface area contributed by atoms with E-state index in [0.717, 1.165) is 0 Å². The lowest BCUT2D eigenvalue weighted by molar-refractivity contribution is -0.168. The minimum atomic E-state index is -0.605. The molecule has 2 saturated heterocycles. The van der Waals surface area contributed by atoms with Crippen molar-refractivity contribution in [3.05, 3.63) is 12.2 Å². The Morgan fingerprint density at radius 3 is 2.45 bits per heavy atom. The number of hydrogen-bond donors (Lipinski definition) is 0. The lowest BCUT2D eigenvalue weighted by Gasteiger charge is -2.34. The molecule has 3 atom stereocenters. The molecular weight excluding hydrogens is 290 g/mol. The van der Waals surface area contributed by atoms with E-state index in [1.807, 2.05) is 19.1 Å². The Morgan fingerprint density at radius 1 is 1.09 bits per heavy atom. The van der Waals surface area contributed by atoms with E-state index in [0.29, 0.717) is 33.0 Å². The third kappa shape index (κ3) is 3.73. The summed E-state index contributed by atoms with van der Waals surface area (Å²) in [4.78, 5) is 25.5. The first kappa shape index (κ1) is 17.1. The number of hydrogen-bond acceptors (Lipinski definition) is 6. The van der Waals surface area contributed by atoms with Crippen LogP contribution in [0.15, 0.2) is 12.2 Å². The fourth-order valence-electron chi connectivity index (χ4n) is 2.54. The van der Waals surface area contributed by atoms with E-state index in [-0.39, 0.29) is 30.4 Å². The molecule has 22 heavy (non-hydrogen) atoms. The lowest BCUT2D eigenvalue weighted by Crippen LogP contribution is -2.49. The number of allylic oxidation sites excluding steroid dienone is 1. The Morgan fingerprint density at radius 2 is 1.77 bits per heavy atom. The third-order valence-corrected chi connectivity index (χ3v) is 3.69. The molecule has 0 aromatic carbocycles. The molecule has 0 radical (unpaired) electrons. The largest absolute Gasteiger partial charge is 0.382 e. The van der Waals surface area contributed by atoms with Gasteiger partial charge in [0.25, 0.3) is 5.91 Å². The SMILES string of the molecule is C/C=C\C1OC2C(=O)N(CCOCCOCCOC)C(=O)C12. The molecule has 2 aliphatic rings. The van der Waals surface area contributed by atoms with E-state index >= 15 is 0 Å². The van der Waals surface area contributed by atoms with Gasteiger partial charge in [0, 0.05) is 7.11 Å². The normalized spacial score (nSPS) is 27.5. The highest BCUT2D eigenvalue weighted by Crippen LogP contribution is 2.37. The highest BCUT2D eigenvalue weighted by molar-refractivity contribution is 6.08. The van der Waals surface area contributed by atoms with Crippen molar-refractivity contribution in [1.29, 1.82) is 0 Å². The predicted octanol–water partition coefficient (Wildman–Crippen LogP) is -0.00550. The molecule has 2 fully saturated rings. The van der Waals surface area contributed by atoms with Crippen molar-refractivity contribution in [2.24, 2.45) is 5.92 Å². The number of methoxy groups -OCH3 is 1. The maximum atomic E-state index is 12.2. The second-order valence-electron chi connectivity index (χ2n) is 5.12. The number of amides is 2. The van der Waals surface area contributed by atoms with Crippen molar-refractivity contribution in [2.45, 2.75) is 19.1 Å². The van der Waals surface area contributed by atoms with Gasteiger partial charge in [0.2, 0.25) is 5.91 Å². The van der Waals surface area contributed by atoms with Crippen LogP contribution in [-0.2, 0) is 28.5 Å². The van der Waals surface area contributed by atoms with Gasteiger partial charge in [-0.1, -0.05) is 12.2 Å². The molecule has 124 valence electrons. The summed E-state index contributed by atoms with van der Waals surface area (Å²) < 4.78 is 20.9. The van der Waals surface area contributed by atoms with Crippen LogP contribution in [0.3, 0.4) is 0 Å².